The molecule has 0 heterocycles. The molecule has 0 aliphatic carbocycles. The predicted molar refractivity (Wildman–Crippen MR) is 51.7 cm³/mol. The normalized spacial score (nSPS) is 11.4. The van der Waals surface area contributed by atoms with Crippen molar-refractivity contribution < 1.29 is 29.3 Å². The molecule has 0 spiro atoms. The van der Waals surface area contributed by atoms with E-state index in [9.17, 15) is 14.4 Å². The SMILES string of the molecule is COC(=O)CCNC(=O)NC[C@H](O)C(=O)O. The third kappa shape index (κ3) is 6.60. The van der Waals surface area contributed by atoms with Crippen molar-refractivity contribution in [2.24, 2.45) is 0 Å². The molecule has 8 heteroatoms. The van der Waals surface area contributed by atoms with Crippen LogP contribution in [0.4, 0.5) is 4.79 Å². The zero-order chi connectivity index (χ0) is 12.6. The molecule has 0 aromatic carbocycles. The van der Waals surface area contributed by atoms with Crippen LogP contribution in [0.5, 0.6) is 0 Å². The summed E-state index contributed by atoms with van der Waals surface area (Å²) in [5.41, 5.74) is 0. The fourth-order valence-corrected chi connectivity index (χ4v) is 0.719. The lowest BCUT2D eigenvalue weighted by molar-refractivity contribution is -0.146. The van der Waals surface area contributed by atoms with E-state index in [2.05, 4.69) is 15.4 Å². The zero-order valence-corrected chi connectivity index (χ0v) is 8.73. The summed E-state index contributed by atoms with van der Waals surface area (Å²) in [6.45, 7) is -0.332. The summed E-state index contributed by atoms with van der Waals surface area (Å²) in [5.74, 6) is -1.89. The summed E-state index contributed by atoms with van der Waals surface area (Å²) in [4.78, 5) is 31.8. The van der Waals surface area contributed by atoms with Gasteiger partial charge in [0.2, 0.25) is 0 Å². The number of rotatable bonds is 6. The van der Waals surface area contributed by atoms with Gasteiger partial charge in [-0.15, -0.1) is 0 Å². The highest BCUT2D eigenvalue weighted by atomic mass is 16.5. The number of methoxy groups -OCH3 is 1. The number of aliphatic carboxylic acids is 1. The van der Waals surface area contributed by atoms with E-state index in [4.69, 9.17) is 10.2 Å². The van der Waals surface area contributed by atoms with E-state index in [1.54, 1.807) is 0 Å². The van der Waals surface area contributed by atoms with Gasteiger partial charge in [0.1, 0.15) is 0 Å². The molecule has 92 valence electrons. The van der Waals surface area contributed by atoms with E-state index in [0.717, 1.165) is 0 Å². The summed E-state index contributed by atoms with van der Waals surface area (Å²) in [6.07, 6.45) is -1.63. The molecule has 8 nitrogen and oxygen atoms in total. The number of urea groups is 1. The van der Waals surface area contributed by atoms with Crippen molar-refractivity contribution in [3.05, 3.63) is 0 Å². The van der Waals surface area contributed by atoms with Crippen LogP contribution in [0.1, 0.15) is 6.42 Å². The number of hydrogen-bond donors (Lipinski definition) is 4. The van der Waals surface area contributed by atoms with E-state index in [0.29, 0.717) is 0 Å². The van der Waals surface area contributed by atoms with Crippen molar-refractivity contribution in [1.29, 1.82) is 0 Å². The molecule has 0 saturated carbocycles. The van der Waals surface area contributed by atoms with E-state index < -0.39 is 30.6 Å². The van der Waals surface area contributed by atoms with Crippen molar-refractivity contribution in [3.63, 3.8) is 0 Å². The minimum Gasteiger partial charge on any atom is -0.479 e. The van der Waals surface area contributed by atoms with Gasteiger partial charge in [-0.3, -0.25) is 4.79 Å². The minimum atomic E-state index is -1.65. The molecule has 0 aliphatic rings. The number of hydrogen-bond acceptors (Lipinski definition) is 5. The number of carboxylic acids is 1. The van der Waals surface area contributed by atoms with Crippen molar-refractivity contribution in [3.8, 4) is 0 Å². The van der Waals surface area contributed by atoms with Crippen molar-refractivity contribution >= 4 is 18.0 Å². The number of aliphatic hydroxyl groups excluding tert-OH is 1. The zero-order valence-electron chi connectivity index (χ0n) is 8.73. The van der Waals surface area contributed by atoms with Crippen LogP contribution in [0.15, 0.2) is 0 Å². The topological polar surface area (TPSA) is 125 Å². The third-order valence-electron chi connectivity index (χ3n) is 1.58. The number of nitrogens with one attached hydrogen (secondary N) is 2. The lowest BCUT2D eigenvalue weighted by Crippen LogP contribution is -2.42. The fraction of sp³-hybridized carbons (Fsp3) is 0.625. The first-order chi connectivity index (χ1) is 7.47. The summed E-state index contributed by atoms with van der Waals surface area (Å²) < 4.78 is 4.33. The van der Waals surface area contributed by atoms with Crippen molar-refractivity contribution in [2.45, 2.75) is 12.5 Å². The van der Waals surface area contributed by atoms with Gasteiger partial charge in [-0.1, -0.05) is 0 Å². The van der Waals surface area contributed by atoms with Crippen molar-refractivity contribution in [2.75, 3.05) is 20.2 Å². The van der Waals surface area contributed by atoms with Crippen LogP contribution in [0.3, 0.4) is 0 Å². The second kappa shape index (κ2) is 7.46. The summed E-state index contributed by atoms with van der Waals surface area (Å²) in [7, 11) is 1.23. The van der Waals surface area contributed by atoms with E-state index >= 15 is 0 Å². The average Bonchev–Trinajstić information content (AvgIpc) is 2.25. The highest BCUT2D eigenvalue weighted by Crippen LogP contribution is 1.82. The third-order valence-corrected chi connectivity index (χ3v) is 1.58. The second-order valence-corrected chi connectivity index (χ2v) is 2.82. The predicted octanol–water partition coefficient (Wildman–Crippen LogP) is -1.71. The molecule has 0 unspecified atom stereocenters. The second-order valence-electron chi connectivity index (χ2n) is 2.82. The van der Waals surface area contributed by atoms with E-state index in [-0.39, 0.29) is 13.0 Å². The molecule has 4 N–H and O–H groups in total. The smallest absolute Gasteiger partial charge is 0.334 e. The van der Waals surface area contributed by atoms with Gasteiger partial charge in [0.05, 0.1) is 20.1 Å². The maximum absolute atomic E-state index is 11.0. The maximum atomic E-state index is 11.0. The summed E-state index contributed by atoms with van der Waals surface area (Å²) in [6, 6.07) is -0.663. The molecule has 0 fully saturated rings. The van der Waals surface area contributed by atoms with E-state index in [1.807, 2.05) is 0 Å². The highest BCUT2D eigenvalue weighted by molar-refractivity contribution is 5.77. The first-order valence-electron chi connectivity index (χ1n) is 4.46. The van der Waals surface area contributed by atoms with Gasteiger partial charge in [0.25, 0.3) is 0 Å². The fourth-order valence-electron chi connectivity index (χ4n) is 0.719. The number of carbonyl (C=O) groups excluding carboxylic acids is 2. The Labute approximate surface area is 91.6 Å². The van der Waals surface area contributed by atoms with Gasteiger partial charge in [0.15, 0.2) is 6.10 Å². The number of carboxylic acid groups (broad SMARTS) is 1. The molecule has 0 radical (unpaired) electrons. The average molecular weight is 234 g/mol. The Hall–Kier alpha value is -1.83. The van der Waals surface area contributed by atoms with E-state index in [1.165, 1.54) is 7.11 Å². The van der Waals surface area contributed by atoms with Gasteiger partial charge in [0, 0.05) is 6.54 Å². The maximum Gasteiger partial charge on any atom is 0.334 e. The number of carbonyl (C=O) groups is 3. The lowest BCUT2D eigenvalue weighted by Gasteiger charge is -2.08. The molecule has 0 aromatic heterocycles. The van der Waals surface area contributed by atoms with Crippen LogP contribution >= 0.6 is 0 Å². The Bertz CT molecular complexity index is 267. The quantitative estimate of drug-likeness (QED) is 0.406. The molecular weight excluding hydrogens is 220 g/mol. The Morgan fingerprint density at radius 1 is 1.31 bits per heavy atom. The highest BCUT2D eigenvalue weighted by Gasteiger charge is 2.13. The van der Waals surface area contributed by atoms with Crippen LogP contribution in [0.2, 0.25) is 0 Å². The van der Waals surface area contributed by atoms with Crippen LogP contribution < -0.4 is 10.6 Å². The van der Waals surface area contributed by atoms with Crippen LogP contribution in [-0.2, 0) is 14.3 Å². The Kier molecular flexibility index (Phi) is 6.61. The van der Waals surface area contributed by atoms with Crippen LogP contribution in [-0.4, -0.2) is 54.5 Å². The molecule has 0 saturated heterocycles. The number of amides is 2. The molecule has 0 aromatic rings. The van der Waals surface area contributed by atoms with Crippen molar-refractivity contribution in [1.82, 2.24) is 10.6 Å². The lowest BCUT2D eigenvalue weighted by atomic mass is 10.3. The molecule has 16 heavy (non-hydrogen) atoms. The summed E-state index contributed by atoms with van der Waals surface area (Å²) in [5, 5.41) is 21.5. The monoisotopic (exact) mass is 234 g/mol. The first kappa shape index (κ1) is 14.2. The molecule has 0 rings (SSSR count). The Morgan fingerprint density at radius 2 is 1.94 bits per heavy atom. The first-order valence-corrected chi connectivity index (χ1v) is 4.46. The number of aliphatic hydroxyl groups is 1. The standard InChI is InChI=1S/C8H14N2O6/c1-16-6(12)2-3-9-8(15)10-4-5(11)7(13)14/h5,11H,2-4H2,1H3,(H,13,14)(H2,9,10,15)/t5-/m0/s1. The van der Waals surface area contributed by atoms with Gasteiger partial charge in [-0.2, -0.15) is 0 Å². The Morgan fingerprint density at radius 3 is 2.44 bits per heavy atom. The van der Waals surface area contributed by atoms with Gasteiger partial charge in [-0.05, 0) is 0 Å². The number of esters is 1. The van der Waals surface area contributed by atoms with Crippen LogP contribution in [0, 0.1) is 0 Å². The van der Waals surface area contributed by atoms with Crippen LogP contribution in [0.25, 0.3) is 0 Å². The molecule has 0 bridgehead atoms. The van der Waals surface area contributed by atoms with Gasteiger partial charge in [-0.25, -0.2) is 9.59 Å². The Balaban J connectivity index is 3.60. The largest absolute Gasteiger partial charge is 0.479 e. The summed E-state index contributed by atoms with van der Waals surface area (Å²) >= 11 is 0. The minimum absolute atomic E-state index is 0.0193. The molecule has 2 amide bonds. The number of ether oxygens (including phenoxy) is 1. The molecule has 0 aliphatic heterocycles. The van der Waals surface area contributed by atoms with Gasteiger partial charge < -0.3 is 25.6 Å². The molecule has 1 atom stereocenters. The molecular formula is C8H14N2O6. The van der Waals surface area contributed by atoms with Gasteiger partial charge >= 0.3 is 18.0 Å².